The van der Waals surface area contributed by atoms with Crippen LogP contribution in [0.25, 0.3) is 0 Å². The molecule has 0 aliphatic carbocycles. The van der Waals surface area contributed by atoms with Crippen LogP contribution < -0.4 is 4.90 Å². The number of anilines is 1. The molecule has 0 aliphatic rings. The van der Waals surface area contributed by atoms with Crippen LogP contribution >= 0.6 is 0 Å². The molecule has 1 aromatic carbocycles. The van der Waals surface area contributed by atoms with Crippen molar-refractivity contribution in [1.29, 1.82) is 0 Å². The molecule has 0 fully saturated rings. The molecule has 0 atom stereocenters. The Morgan fingerprint density at radius 2 is 1.92 bits per heavy atom. The fourth-order valence-corrected chi connectivity index (χ4v) is 0.876. The van der Waals surface area contributed by atoms with E-state index in [1.165, 1.54) is 6.92 Å². The molecular weight excluding hydrogens is 154 g/mol. The Hall–Kier alpha value is -1.64. The van der Waals surface area contributed by atoms with Crippen LogP contribution in [0.5, 0.6) is 0 Å². The number of carbonyl (C=O) groups is 1. The highest BCUT2D eigenvalue weighted by molar-refractivity contribution is 6.05. The first-order valence-electron chi connectivity index (χ1n) is 3.49. The van der Waals surface area contributed by atoms with E-state index in [4.69, 9.17) is 0 Å². The van der Waals surface area contributed by atoms with Crippen molar-refractivity contribution in [2.75, 3.05) is 4.90 Å². The summed E-state index contributed by atoms with van der Waals surface area (Å²) in [4.78, 5) is 22.1. The van der Waals surface area contributed by atoms with Crippen molar-refractivity contribution in [3.8, 4) is 0 Å². The van der Waals surface area contributed by atoms with E-state index in [2.05, 4.69) is 0 Å². The van der Waals surface area contributed by atoms with Crippen molar-refractivity contribution in [3.63, 3.8) is 0 Å². The summed E-state index contributed by atoms with van der Waals surface area (Å²) >= 11 is 0. The van der Waals surface area contributed by atoms with Gasteiger partial charge in [-0.25, -0.2) is 4.90 Å². The highest BCUT2D eigenvalue weighted by Crippen LogP contribution is 2.10. The highest BCUT2D eigenvalue weighted by Gasteiger charge is 2.09. The van der Waals surface area contributed by atoms with Gasteiger partial charge in [-0.3, -0.25) is 9.59 Å². The van der Waals surface area contributed by atoms with E-state index < -0.39 is 0 Å². The molecule has 0 spiro atoms. The summed E-state index contributed by atoms with van der Waals surface area (Å²) in [7, 11) is 0. The van der Waals surface area contributed by atoms with Gasteiger partial charge in [0.05, 0.1) is 5.69 Å². The van der Waals surface area contributed by atoms with E-state index >= 15 is 0 Å². The van der Waals surface area contributed by atoms with Crippen LogP contribution in [-0.2, 0) is 9.59 Å². The maximum atomic E-state index is 10.8. The Labute approximate surface area is 70.6 Å². The van der Waals surface area contributed by atoms with E-state index in [0.717, 1.165) is 4.90 Å². The van der Waals surface area contributed by atoms with Gasteiger partial charge in [-0.1, -0.05) is 18.2 Å². The standard InChI is InChI=1S/C9H8NO2/c1-8(12)10(7-11)9-5-3-2-4-6-9/h2-6H,1H3. The van der Waals surface area contributed by atoms with Crippen LogP contribution in [0.15, 0.2) is 30.3 Å². The summed E-state index contributed by atoms with van der Waals surface area (Å²) in [5, 5.41) is 0. The van der Waals surface area contributed by atoms with Gasteiger partial charge in [-0.15, -0.1) is 0 Å². The van der Waals surface area contributed by atoms with Crippen molar-refractivity contribution >= 4 is 18.0 Å². The van der Waals surface area contributed by atoms with Gasteiger partial charge < -0.3 is 0 Å². The third-order valence-electron chi connectivity index (χ3n) is 1.42. The Morgan fingerprint density at radius 3 is 2.33 bits per heavy atom. The number of para-hydroxylation sites is 1. The van der Waals surface area contributed by atoms with Gasteiger partial charge in [-0.05, 0) is 12.1 Å². The second-order valence-electron chi connectivity index (χ2n) is 2.28. The molecule has 0 saturated carbocycles. The predicted octanol–water partition coefficient (Wildman–Crippen LogP) is 1.11. The molecule has 0 bridgehead atoms. The number of benzene rings is 1. The van der Waals surface area contributed by atoms with Gasteiger partial charge >= 0.3 is 6.41 Å². The first-order chi connectivity index (χ1) is 5.75. The van der Waals surface area contributed by atoms with Crippen LogP contribution in [0.1, 0.15) is 6.92 Å². The van der Waals surface area contributed by atoms with E-state index in [-0.39, 0.29) is 5.91 Å². The lowest BCUT2D eigenvalue weighted by molar-refractivity contribution is -0.115. The molecule has 0 aliphatic heterocycles. The minimum Gasteiger partial charge on any atom is -0.274 e. The summed E-state index contributed by atoms with van der Waals surface area (Å²) < 4.78 is 0. The Bertz CT molecular complexity index is 282. The number of imide groups is 1. The SMILES string of the molecule is CC(=O)N([C]=O)c1ccccc1. The summed E-state index contributed by atoms with van der Waals surface area (Å²) in [6, 6.07) is 8.66. The molecule has 61 valence electrons. The Morgan fingerprint density at radius 1 is 1.33 bits per heavy atom. The van der Waals surface area contributed by atoms with Gasteiger partial charge in [0.1, 0.15) is 0 Å². The van der Waals surface area contributed by atoms with Crippen molar-refractivity contribution in [2.45, 2.75) is 6.92 Å². The topological polar surface area (TPSA) is 37.4 Å². The lowest BCUT2D eigenvalue weighted by Crippen LogP contribution is -2.26. The predicted molar refractivity (Wildman–Crippen MR) is 45.3 cm³/mol. The number of amides is 2. The first-order valence-corrected chi connectivity index (χ1v) is 3.49. The number of hydrogen-bond donors (Lipinski definition) is 0. The number of hydrogen-bond acceptors (Lipinski definition) is 2. The fraction of sp³-hybridized carbons (Fsp3) is 0.111. The first kappa shape index (κ1) is 8.46. The minimum atomic E-state index is -0.337. The van der Waals surface area contributed by atoms with Crippen LogP contribution in [0, 0.1) is 0 Å². The van der Waals surface area contributed by atoms with Gasteiger partial charge in [0, 0.05) is 6.92 Å². The van der Waals surface area contributed by atoms with Gasteiger partial charge in [0.2, 0.25) is 5.91 Å². The summed E-state index contributed by atoms with van der Waals surface area (Å²) in [5.74, 6) is -0.337. The molecule has 3 heteroatoms. The Kier molecular flexibility index (Phi) is 2.58. The summed E-state index contributed by atoms with van der Waals surface area (Å²) in [6.07, 6.45) is 1.55. The third kappa shape index (κ3) is 1.69. The van der Waals surface area contributed by atoms with Crippen LogP contribution in [0.3, 0.4) is 0 Å². The summed E-state index contributed by atoms with van der Waals surface area (Å²) in [5.41, 5.74) is 0.542. The molecule has 1 aromatic rings. The molecule has 0 unspecified atom stereocenters. The minimum absolute atomic E-state index is 0.337. The van der Waals surface area contributed by atoms with Gasteiger partial charge in [-0.2, -0.15) is 0 Å². The maximum Gasteiger partial charge on any atom is 0.324 e. The molecule has 12 heavy (non-hydrogen) atoms. The molecular formula is C9H8NO2. The fourth-order valence-electron chi connectivity index (χ4n) is 0.876. The van der Waals surface area contributed by atoms with E-state index in [1.807, 2.05) is 6.07 Å². The lowest BCUT2D eigenvalue weighted by Gasteiger charge is -2.10. The molecule has 0 heterocycles. The van der Waals surface area contributed by atoms with Crippen LogP contribution in [0.4, 0.5) is 5.69 Å². The van der Waals surface area contributed by atoms with Crippen molar-refractivity contribution in [1.82, 2.24) is 0 Å². The third-order valence-corrected chi connectivity index (χ3v) is 1.42. The van der Waals surface area contributed by atoms with E-state index in [0.29, 0.717) is 5.69 Å². The number of rotatable bonds is 2. The van der Waals surface area contributed by atoms with Gasteiger partial charge in [0.15, 0.2) is 0 Å². The molecule has 0 aromatic heterocycles. The average Bonchev–Trinajstić information content (AvgIpc) is 2.07. The number of carbonyl (C=O) groups excluding carboxylic acids is 2. The van der Waals surface area contributed by atoms with E-state index in [1.54, 1.807) is 30.7 Å². The van der Waals surface area contributed by atoms with E-state index in [9.17, 15) is 9.59 Å². The van der Waals surface area contributed by atoms with Crippen LogP contribution in [0.2, 0.25) is 0 Å². The molecule has 0 saturated heterocycles. The molecule has 0 N–H and O–H groups in total. The number of nitrogens with zero attached hydrogens (tertiary/aromatic N) is 1. The zero-order chi connectivity index (χ0) is 8.97. The molecule has 1 radical (unpaired) electrons. The largest absolute Gasteiger partial charge is 0.324 e. The molecule has 3 nitrogen and oxygen atoms in total. The lowest BCUT2D eigenvalue weighted by atomic mass is 10.3. The quantitative estimate of drug-likeness (QED) is 0.611. The monoisotopic (exact) mass is 162 g/mol. The van der Waals surface area contributed by atoms with Crippen molar-refractivity contribution in [3.05, 3.63) is 30.3 Å². The second kappa shape index (κ2) is 3.67. The zero-order valence-electron chi connectivity index (χ0n) is 6.65. The normalized spacial score (nSPS) is 9.08. The smallest absolute Gasteiger partial charge is 0.274 e. The zero-order valence-corrected chi connectivity index (χ0v) is 6.65. The Balaban J connectivity index is 2.95. The average molecular weight is 162 g/mol. The van der Waals surface area contributed by atoms with Crippen molar-refractivity contribution in [2.24, 2.45) is 0 Å². The summed E-state index contributed by atoms with van der Waals surface area (Å²) in [6.45, 7) is 1.32. The van der Waals surface area contributed by atoms with Crippen LogP contribution in [-0.4, -0.2) is 12.3 Å². The molecule has 2 amide bonds. The maximum absolute atomic E-state index is 10.8. The van der Waals surface area contributed by atoms with Gasteiger partial charge in [0.25, 0.3) is 0 Å². The highest BCUT2D eigenvalue weighted by atomic mass is 16.2. The van der Waals surface area contributed by atoms with Crippen molar-refractivity contribution < 1.29 is 9.59 Å². The molecule has 1 rings (SSSR count). The second-order valence-corrected chi connectivity index (χ2v) is 2.28.